The van der Waals surface area contributed by atoms with Crippen LogP contribution in [0, 0.1) is 0 Å². The Morgan fingerprint density at radius 1 is 1.08 bits per heavy atom. The lowest BCUT2D eigenvalue weighted by molar-refractivity contribution is 0.122. The van der Waals surface area contributed by atoms with Gasteiger partial charge in [0.15, 0.2) is 0 Å². The number of aromatic nitrogens is 2. The van der Waals surface area contributed by atoms with Crippen LogP contribution in [0.2, 0.25) is 0 Å². The highest BCUT2D eigenvalue weighted by Gasteiger charge is 2.11. The minimum atomic E-state index is 0.772. The Morgan fingerprint density at radius 2 is 1.92 bits per heavy atom. The van der Waals surface area contributed by atoms with Crippen molar-refractivity contribution >= 4 is 34.4 Å². The lowest BCUT2D eigenvalue weighted by Gasteiger charge is -2.29. The second kappa shape index (κ2) is 6.37. The first-order valence-electron chi connectivity index (χ1n) is 8.15. The molecule has 1 aliphatic rings. The van der Waals surface area contributed by atoms with E-state index in [1.165, 1.54) is 0 Å². The summed E-state index contributed by atoms with van der Waals surface area (Å²) in [5, 5.41) is 8.51. The molecule has 2 heterocycles. The first-order valence-corrected chi connectivity index (χ1v) is 8.15. The zero-order valence-electron chi connectivity index (χ0n) is 13.4. The molecule has 3 N–H and O–H groups in total. The van der Waals surface area contributed by atoms with Gasteiger partial charge >= 0.3 is 0 Å². The molecule has 4 rings (SSSR count). The van der Waals surface area contributed by atoms with Gasteiger partial charge in [-0.15, -0.1) is 0 Å². The number of nitrogen functional groups attached to an aromatic ring is 1. The van der Waals surface area contributed by atoms with Gasteiger partial charge in [-0.25, -0.2) is 0 Å². The Balaban J connectivity index is 1.58. The van der Waals surface area contributed by atoms with Crippen LogP contribution in [0.5, 0.6) is 0 Å². The van der Waals surface area contributed by atoms with Crippen LogP contribution in [0.1, 0.15) is 11.3 Å². The van der Waals surface area contributed by atoms with E-state index in [1.54, 1.807) is 0 Å². The highest BCUT2D eigenvalue weighted by Crippen LogP contribution is 2.24. The fourth-order valence-electron chi connectivity index (χ4n) is 3.01. The summed E-state index contributed by atoms with van der Waals surface area (Å²) in [6.07, 6.45) is 4.01. The van der Waals surface area contributed by atoms with E-state index in [-0.39, 0.29) is 0 Å². The van der Waals surface area contributed by atoms with Crippen molar-refractivity contribution in [1.29, 1.82) is 0 Å². The van der Waals surface area contributed by atoms with Gasteiger partial charge in [0.25, 0.3) is 0 Å². The van der Waals surface area contributed by atoms with Crippen molar-refractivity contribution in [1.82, 2.24) is 10.2 Å². The molecule has 1 aromatic heterocycles. The highest BCUT2D eigenvalue weighted by atomic mass is 16.5. The first kappa shape index (κ1) is 14.8. The van der Waals surface area contributed by atoms with Crippen LogP contribution in [0.3, 0.4) is 0 Å². The number of hydrogen-bond donors (Lipinski definition) is 2. The third-order valence-corrected chi connectivity index (χ3v) is 4.37. The number of aromatic amines is 1. The molecule has 0 bridgehead atoms. The second-order valence-corrected chi connectivity index (χ2v) is 5.90. The number of nitrogens with two attached hydrogens (primary N) is 1. The number of nitrogens with one attached hydrogen (secondary N) is 1. The predicted molar refractivity (Wildman–Crippen MR) is 98.9 cm³/mol. The first-order chi connectivity index (χ1) is 11.8. The number of H-pyrrole nitrogens is 1. The minimum Gasteiger partial charge on any atom is -0.398 e. The van der Waals surface area contributed by atoms with E-state index in [2.05, 4.69) is 33.3 Å². The average molecular weight is 320 g/mol. The summed E-state index contributed by atoms with van der Waals surface area (Å²) < 4.78 is 5.40. The van der Waals surface area contributed by atoms with E-state index in [9.17, 15) is 0 Å². The molecule has 1 aliphatic heterocycles. The maximum absolute atomic E-state index is 6.24. The van der Waals surface area contributed by atoms with Gasteiger partial charge in [0.05, 0.1) is 24.4 Å². The third-order valence-electron chi connectivity index (χ3n) is 4.37. The lowest BCUT2D eigenvalue weighted by Crippen LogP contribution is -2.36. The molecule has 0 radical (unpaired) electrons. The summed E-state index contributed by atoms with van der Waals surface area (Å²) >= 11 is 0. The monoisotopic (exact) mass is 320 g/mol. The van der Waals surface area contributed by atoms with Crippen molar-refractivity contribution in [2.75, 3.05) is 36.9 Å². The van der Waals surface area contributed by atoms with E-state index in [1.807, 2.05) is 36.4 Å². The van der Waals surface area contributed by atoms with Gasteiger partial charge in [0.1, 0.15) is 0 Å². The minimum absolute atomic E-state index is 0.772. The Kier molecular flexibility index (Phi) is 3.92. The summed E-state index contributed by atoms with van der Waals surface area (Å²) in [6, 6.07) is 14.3. The Bertz CT molecular complexity index is 878. The summed E-state index contributed by atoms with van der Waals surface area (Å²) in [4.78, 5) is 2.30. The predicted octanol–water partition coefficient (Wildman–Crippen LogP) is 3.15. The topological polar surface area (TPSA) is 67.2 Å². The smallest absolute Gasteiger partial charge is 0.0927 e. The molecular formula is C19H20N4O. The molecule has 3 aromatic rings. The molecule has 1 fully saturated rings. The number of benzene rings is 2. The molecule has 24 heavy (non-hydrogen) atoms. The molecular weight excluding hydrogens is 300 g/mol. The summed E-state index contributed by atoms with van der Waals surface area (Å²) in [6.45, 7) is 3.36. The van der Waals surface area contributed by atoms with Crippen LogP contribution in [-0.2, 0) is 4.74 Å². The fourth-order valence-corrected chi connectivity index (χ4v) is 3.01. The van der Waals surface area contributed by atoms with E-state index in [0.717, 1.165) is 59.8 Å². The van der Waals surface area contributed by atoms with Crippen molar-refractivity contribution < 1.29 is 4.74 Å². The normalized spacial score (nSPS) is 15.4. The van der Waals surface area contributed by atoms with Crippen LogP contribution in [0.15, 0.2) is 42.5 Å². The van der Waals surface area contributed by atoms with Gasteiger partial charge < -0.3 is 15.4 Å². The van der Waals surface area contributed by atoms with Crippen molar-refractivity contribution in [3.05, 3.63) is 53.7 Å². The molecule has 0 saturated carbocycles. The number of ether oxygens (including phenoxy) is 1. The van der Waals surface area contributed by atoms with E-state index in [0.29, 0.717) is 0 Å². The van der Waals surface area contributed by atoms with Crippen molar-refractivity contribution in [2.24, 2.45) is 0 Å². The average Bonchev–Trinajstić information content (AvgIpc) is 3.05. The quantitative estimate of drug-likeness (QED) is 0.728. The van der Waals surface area contributed by atoms with Gasteiger partial charge in [-0.2, -0.15) is 5.10 Å². The molecule has 0 spiro atoms. The second-order valence-electron chi connectivity index (χ2n) is 5.90. The Morgan fingerprint density at radius 3 is 2.75 bits per heavy atom. The molecule has 5 nitrogen and oxygen atoms in total. The van der Waals surface area contributed by atoms with Crippen LogP contribution in [0.4, 0.5) is 11.4 Å². The number of nitrogens with zero attached hydrogens (tertiary/aromatic N) is 2. The molecule has 0 unspecified atom stereocenters. The lowest BCUT2D eigenvalue weighted by atomic mass is 10.1. The number of para-hydroxylation sites is 1. The summed E-state index contributed by atoms with van der Waals surface area (Å²) in [5.74, 6) is 0. The van der Waals surface area contributed by atoms with Crippen molar-refractivity contribution in [2.45, 2.75) is 0 Å². The molecule has 2 aromatic carbocycles. The highest BCUT2D eigenvalue weighted by molar-refractivity contribution is 5.90. The Hall–Kier alpha value is -2.79. The van der Waals surface area contributed by atoms with Gasteiger partial charge in [0.2, 0.25) is 0 Å². The maximum Gasteiger partial charge on any atom is 0.0927 e. The van der Waals surface area contributed by atoms with E-state index >= 15 is 0 Å². The SMILES string of the molecule is Nc1cc(N2CCOCC2)ccc1/C=C/c1n[nH]c2ccccc12. The number of rotatable bonds is 3. The molecule has 0 aliphatic carbocycles. The number of morpholine rings is 1. The molecule has 0 atom stereocenters. The summed E-state index contributed by atoms with van der Waals surface area (Å²) in [5.41, 5.74) is 11.1. The number of anilines is 2. The number of hydrogen-bond acceptors (Lipinski definition) is 4. The largest absolute Gasteiger partial charge is 0.398 e. The summed E-state index contributed by atoms with van der Waals surface area (Å²) in [7, 11) is 0. The zero-order chi connectivity index (χ0) is 16.4. The molecule has 122 valence electrons. The standard InChI is InChI=1S/C19H20N4O/c20-17-13-15(23-9-11-24-12-10-23)7-5-14(17)6-8-19-16-3-1-2-4-18(16)21-22-19/h1-8,13H,9-12,20H2,(H,21,22)/b8-6+. The zero-order valence-corrected chi connectivity index (χ0v) is 13.4. The molecule has 0 amide bonds. The van der Waals surface area contributed by atoms with E-state index < -0.39 is 0 Å². The van der Waals surface area contributed by atoms with Crippen LogP contribution >= 0.6 is 0 Å². The van der Waals surface area contributed by atoms with Crippen molar-refractivity contribution in [3.8, 4) is 0 Å². The van der Waals surface area contributed by atoms with Gasteiger partial charge in [-0.05, 0) is 29.8 Å². The van der Waals surface area contributed by atoms with Gasteiger partial charge in [-0.3, -0.25) is 5.10 Å². The van der Waals surface area contributed by atoms with Crippen molar-refractivity contribution in [3.63, 3.8) is 0 Å². The van der Waals surface area contributed by atoms with Crippen LogP contribution in [0.25, 0.3) is 23.1 Å². The van der Waals surface area contributed by atoms with Gasteiger partial charge in [0, 0.05) is 29.9 Å². The molecule has 5 heteroatoms. The number of fused-ring (bicyclic) bond motifs is 1. The molecule has 1 saturated heterocycles. The maximum atomic E-state index is 6.24. The Labute approximate surface area is 140 Å². The van der Waals surface area contributed by atoms with Crippen LogP contribution in [-0.4, -0.2) is 36.5 Å². The van der Waals surface area contributed by atoms with Crippen LogP contribution < -0.4 is 10.6 Å². The van der Waals surface area contributed by atoms with E-state index in [4.69, 9.17) is 10.5 Å². The third kappa shape index (κ3) is 2.86. The fraction of sp³-hybridized carbons (Fsp3) is 0.211. The van der Waals surface area contributed by atoms with Gasteiger partial charge in [-0.1, -0.05) is 30.3 Å².